The Hall–Kier alpha value is -2.24. The molecule has 0 aromatic carbocycles. The Bertz CT molecular complexity index is 429. The van der Waals surface area contributed by atoms with Crippen molar-refractivity contribution < 1.29 is 9.59 Å². The van der Waals surface area contributed by atoms with Gasteiger partial charge in [-0.2, -0.15) is 0 Å². The van der Waals surface area contributed by atoms with Crippen molar-refractivity contribution in [3.05, 3.63) is 23.9 Å². The number of aromatic nitrogens is 1. The SMILES string of the molecule is CN(C)C=NCC(=O)c1cccc(NC=O)n1. The molecule has 90 valence electrons. The number of nitrogens with one attached hydrogen (secondary N) is 1. The molecule has 0 saturated carbocycles. The maximum Gasteiger partial charge on any atom is 0.212 e. The largest absolute Gasteiger partial charge is 0.369 e. The van der Waals surface area contributed by atoms with Crippen molar-refractivity contribution in [1.82, 2.24) is 9.88 Å². The van der Waals surface area contributed by atoms with Crippen molar-refractivity contribution >= 4 is 24.3 Å². The van der Waals surface area contributed by atoms with Gasteiger partial charge in [-0.25, -0.2) is 4.98 Å². The van der Waals surface area contributed by atoms with Crippen LogP contribution < -0.4 is 5.32 Å². The van der Waals surface area contributed by atoms with E-state index in [-0.39, 0.29) is 18.0 Å². The van der Waals surface area contributed by atoms with E-state index >= 15 is 0 Å². The number of hydrogen-bond acceptors (Lipinski definition) is 4. The fraction of sp³-hybridized carbons (Fsp3) is 0.273. The highest BCUT2D eigenvalue weighted by Crippen LogP contribution is 2.04. The highest BCUT2D eigenvalue weighted by Gasteiger charge is 2.06. The van der Waals surface area contributed by atoms with Crippen LogP contribution in [-0.4, -0.2) is 49.1 Å². The van der Waals surface area contributed by atoms with Gasteiger partial charge in [0.2, 0.25) is 12.2 Å². The van der Waals surface area contributed by atoms with Crippen LogP contribution in [0.4, 0.5) is 5.82 Å². The Kier molecular flexibility index (Phi) is 4.80. The number of carbonyl (C=O) groups excluding carboxylic acids is 2. The first-order chi connectivity index (χ1) is 8.13. The summed E-state index contributed by atoms with van der Waals surface area (Å²) < 4.78 is 0. The number of aliphatic imine (C=N–C) groups is 1. The van der Waals surface area contributed by atoms with Gasteiger partial charge in [0.1, 0.15) is 18.1 Å². The highest BCUT2D eigenvalue weighted by molar-refractivity contribution is 5.96. The highest BCUT2D eigenvalue weighted by atomic mass is 16.1. The quantitative estimate of drug-likeness (QED) is 0.335. The van der Waals surface area contributed by atoms with Crippen LogP contribution in [0, 0.1) is 0 Å². The summed E-state index contributed by atoms with van der Waals surface area (Å²) in [6, 6.07) is 4.85. The Morgan fingerprint density at radius 2 is 2.29 bits per heavy atom. The van der Waals surface area contributed by atoms with E-state index < -0.39 is 0 Å². The minimum atomic E-state index is -0.197. The second-order valence-electron chi connectivity index (χ2n) is 3.51. The molecule has 0 bridgehead atoms. The minimum absolute atomic E-state index is 0.0374. The molecule has 6 heteroatoms. The lowest BCUT2D eigenvalue weighted by atomic mass is 10.2. The average molecular weight is 234 g/mol. The summed E-state index contributed by atoms with van der Waals surface area (Å²) in [5.74, 6) is 0.153. The van der Waals surface area contributed by atoms with Crippen molar-refractivity contribution in [2.45, 2.75) is 0 Å². The molecule has 0 aliphatic heterocycles. The van der Waals surface area contributed by atoms with E-state index in [9.17, 15) is 9.59 Å². The monoisotopic (exact) mass is 234 g/mol. The molecular weight excluding hydrogens is 220 g/mol. The summed E-state index contributed by atoms with van der Waals surface area (Å²) in [5.41, 5.74) is 0.285. The molecule has 1 aromatic heterocycles. The van der Waals surface area contributed by atoms with Crippen molar-refractivity contribution in [3.8, 4) is 0 Å². The fourth-order valence-electron chi connectivity index (χ4n) is 1.10. The van der Waals surface area contributed by atoms with Crippen molar-refractivity contribution in [3.63, 3.8) is 0 Å². The lowest BCUT2D eigenvalue weighted by molar-refractivity contribution is -0.105. The molecular formula is C11H14N4O2. The third-order valence-electron chi connectivity index (χ3n) is 1.79. The van der Waals surface area contributed by atoms with E-state index in [1.165, 1.54) is 0 Å². The van der Waals surface area contributed by atoms with Crippen LogP contribution in [0.25, 0.3) is 0 Å². The molecule has 0 atom stereocenters. The molecule has 0 radical (unpaired) electrons. The standard InChI is InChI=1S/C11H14N4O2/c1-15(2)7-12-6-10(17)9-4-3-5-11(14-9)13-8-16/h3-5,7-8H,6H2,1-2H3,(H,13,14,16). The van der Waals surface area contributed by atoms with Gasteiger partial charge in [0.15, 0.2) is 0 Å². The molecule has 1 rings (SSSR count). The molecule has 1 N–H and O–H groups in total. The Morgan fingerprint density at radius 1 is 1.53 bits per heavy atom. The number of nitrogens with zero attached hydrogens (tertiary/aromatic N) is 3. The molecule has 17 heavy (non-hydrogen) atoms. The van der Waals surface area contributed by atoms with Crippen LogP contribution in [0.5, 0.6) is 0 Å². The van der Waals surface area contributed by atoms with Crippen LogP contribution in [0.2, 0.25) is 0 Å². The molecule has 0 spiro atoms. The zero-order valence-corrected chi connectivity index (χ0v) is 9.75. The van der Waals surface area contributed by atoms with E-state index in [0.717, 1.165) is 0 Å². The van der Waals surface area contributed by atoms with Crippen LogP contribution in [0.15, 0.2) is 23.2 Å². The number of ketones is 1. The van der Waals surface area contributed by atoms with Crippen molar-refractivity contribution in [2.24, 2.45) is 4.99 Å². The molecule has 1 heterocycles. The van der Waals surface area contributed by atoms with Crippen LogP contribution in [-0.2, 0) is 4.79 Å². The Labute approximate surface area is 99.4 Å². The minimum Gasteiger partial charge on any atom is -0.369 e. The van der Waals surface area contributed by atoms with Gasteiger partial charge in [-0.15, -0.1) is 0 Å². The molecule has 0 aliphatic carbocycles. The van der Waals surface area contributed by atoms with E-state index in [2.05, 4.69) is 15.3 Å². The second kappa shape index (κ2) is 6.37. The molecule has 0 saturated heterocycles. The van der Waals surface area contributed by atoms with Gasteiger partial charge >= 0.3 is 0 Å². The topological polar surface area (TPSA) is 74.7 Å². The zero-order chi connectivity index (χ0) is 12.7. The van der Waals surface area contributed by atoms with Gasteiger partial charge < -0.3 is 10.2 Å². The van der Waals surface area contributed by atoms with Gasteiger partial charge in [0, 0.05) is 14.1 Å². The van der Waals surface area contributed by atoms with Crippen molar-refractivity contribution in [1.29, 1.82) is 0 Å². The summed E-state index contributed by atoms with van der Waals surface area (Å²) in [6.07, 6.45) is 2.08. The number of rotatable bonds is 6. The molecule has 1 amide bonds. The lowest BCUT2D eigenvalue weighted by Crippen LogP contribution is -2.12. The fourth-order valence-corrected chi connectivity index (χ4v) is 1.10. The van der Waals surface area contributed by atoms with E-state index in [4.69, 9.17) is 0 Å². The maximum atomic E-state index is 11.7. The average Bonchev–Trinajstić information content (AvgIpc) is 2.29. The lowest BCUT2D eigenvalue weighted by Gasteiger charge is -2.03. The number of hydrogen-bond donors (Lipinski definition) is 1. The first-order valence-electron chi connectivity index (χ1n) is 5.00. The molecule has 0 fully saturated rings. The predicted molar refractivity (Wildman–Crippen MR) is 65.3 cm³/mol. The summed E-state index contributed by atoms with van der Waals surface area (Å²) in [6.45, 7) is 0.0374. The first kappa shape index (κ1) is 12.8. The van der Waals surface area contributed by atoms with E-state index in [1.807, 2.05) is 14.1 Å². The smallest absolute Gasteiger partial charge is 0.212 e. The molecule has 1 aromatic rings. The number of pyridine rings is 1. The van der Waals surface area contributed by atoms with Gasteiger partial charge in [-0.1, -0.05) is 6.07 Å². The van der Waals surface area contributed by atoms with Gasteiger partial charge in [-0.3, -0.25) is 14.6 Å². The van der Waals surface area contributed by atoms with E-state index in [1.54, 1.807) is 29.4 Å². The number of amides is 1. The second-order valence-corrected chi connectivity index (χ2v) is 3.51. The maximum absolute atomic E-state index is 11.7. The third-order valence-corrected chi connectivity index (χ3v) is 1.79. The van der Waals surface area contributed by atoms with Crippen molar-refractivity contribution in [2.75, 3.05) is 26.0 Å². The predicted octanol–water partition coefficient (Wildman–Crippen LogP) is 0.422. The Morgan fingerprint density at radius 3 is 2.94 bits per heavy atom. The summed E-state index contributed by atoms with van der Waals surface area (Å²) in [4.78, 5) is 31.6. The Balaban J connectivity index is 2.68. The van der Waals surface area contributed by atoms with Gasteiger partial charge in [-0.05, 0) is 12.1 Å². The number of anilines is 1. The van der Waals surface area contributed by atoms with Gasteiger partial charge in [0.05, 0.1) is 6.34 Å². The number of carbonyl (C=O) groups is 2. The zero-order valence-electron chi connectivity index (χ0n) is 9.75. The summed E-state index contributed by atoms with van der Waals surface area (Å²) in [7, 11) is 3.64. The summed E-state index contributed by atoms with van der Waals surface area (Å²) in [5, 5.41) is 2.39. The normalized spacial score (nSPS) is 10.2. The first-order valence-corrected chi connectivity index (χ1v) is 5.00. The summed E-state index contributed by atoms with van der Waals surface area (Å²) >= 11 is 0. The van der Waals surface area contributed by atoms with E-state index in [0.29, 0.717) is 12.2 Å². The van der Waals surface area contributed by atoms with Crippen LogP contribution in [0.1, 0.15) is 10.5 Å². The van der Waals surface area contributed by atoms with Crippen LogP contribution in [0.3, 0.4) is 0 Å². The number of Topliss-reactive ketones (excluding diaryl/α,β-unsaturated/α-hetero) is 1. The van der Waals surface area contributed by atoms with Crippen LogP contribution >= 0.6 is 0 Å². The molecule has 0 aliphatic rings. The third kappa shape index (κ3) is 4.42. The molecule has 6 nitrogen and oxygen atoms in total. The molecule has 0 unspecified atom stereocenters. The van der Waals surface area contributed by atoms with Gasteiger partial charge in [0.25, 0.3) is 0 Å².